The zero-order valence-corrected chi connectivity index (χ0v) is 14.6. The molecule has 2 N–H and O–H groups in total. The summed E-state index contributed by atoms with van der Waals surface area (Å²) >= 11 is 0. The number of methoxy groups -OCH3 is 1. The van der Waals surface area contributed by atoms with Crippen LogP contribution in [-0.2, 0) is 6.54 Å². The molecule has 0 aliphatic carbocycles. The fraction of sp³-hybridized carbons (Fsp3) is 0.389. The first-order chi connectivity index (χ1) is 12.1. The van der Waals surface area contributed by atoms with Crippen LogP contribution in [-0.4, -0.2) is 59.0 Å². The first kappa shape index (κ1) is 17.2. The average molecular weight is 341 g/mol. The average Bonchev–Trinajstić information content (AvgIpc) is 3.11. The topological polar surface area (TPSA) is 84.6 Å². The summed E-state index contributed by atoms with van der Waals surface area (Å²) in [5.74, 6) is 1.78. The van der Waals surface area contributed by atoms with E-state index < -0.39 is 0 Å². The standard InChI is InChI=1S/C18H23N5O2/c1-22(12-17-20-9-7-16(19)21-17)13-8-10-23(11-13)18(24)14-5-3-4-6-15(14)25-2/h3-7,9,13H,8,10-12H2,1-2H3,(H2,19,20,21). The molecule has 1 aromatic heterocycles. The van der Waals surface area contributed by atoms with E-state index in [1.165, 1.54) is 0 Å². The van der Waals surface area contributed by atoms with Crippen molar-refractivity contribution in [2.75, 3.05) is 33.0 Å². The van der Waals surface area contributed by atoms with E-state index in [9.17, 15) is 4.79 Å². The summed E-state index contributed by atoms with van der Waals surface area (Å²) in [5.41, 5.74) is 6.31. The van der Waals surface area contributed by atoms with Crippen molar-refractivity contribution in [1.82, 2.24) is 19.8 Å². The van der Waals surface area contributed by atoms with E-state index in [0.29, 0.717) is 36.0 Å². The lowest BCUT2D eigenvalue weighted by atomic mass is 10.2. The van der Waals surface area contributed by atoms with Crippen LogP contribution in [0.2, 0.25) is 0 Å². The molecule has 7 heteroatoms. The van der Waals surface area contributed by atoms with Crippen molar-refractivity contribution >= 4 is 11.7 Å². The summed E-state index contributed by atoms with van der Waals surface area (Å²) in [7, 11) is 3.60. The zero-order chi connectivity index (χ0) is 17.8. The van der Waals surface area contributed by atoms with Gasteiger partial charge in [0.05, 0.1) is 19.2 Å². The maximum Gasteiger partial charge on any atom is 0.257 e. The number of ether oxygens (including phenoxy) is 1. The van der Waals surface area contributed by atoms with Gasteiger partial charge in [0.25, 0.3) is 5.91 Å². The Morgan fingerprint density at radius 1 is 1.40 bits per heavy atom. The predicted molar refractivity (Wildman–Crippen MR) is 95.2 cm³/mol. The maximum atomic E-state index is 12.8. The number of aromatic nitrogens is 2. The Kier molecular flexibility index (Phi) is 5.14. The van der Waals surface area contributed by atoms with Gasteiger partial charge in [-0.05, 0) is 31.7 Å². The summed E-state index contributed by atoms with van der Waals surface area (Å²) < 4.78 is 5.30. The molecular weight excluding hydrogens is 318 g/mol. The van der Waals surface area contributed by atoms with Gasteiger partial charge in [-0.3, -0.25) is 9.69 Å². The van der Waals surface area contributed by atoms with E-state index in [2.05, 4.69) is 14.9 Å². The highest BCUT2D eigenvalue weighted by Crippen LogP contribution is 2.23. The number of carbonyl (C=O) groups is 1. The Morgan fingerprint density at radius 2 is 2.20 bits per heavy atom. The van der Waals surface area contributed by atoms with Crippen molar-refractivity contribution in [3.8, 4) is 5.75 Å². The third-order valence-corrected chi connectivity index (χ3v) is 4.53. The molecule has 0 saturated carbocycles. The van der Waals surface area contributed by atoms with E-state index in [1.54, 1.807) is 25.4 Å². The molecule has 1 atom stereocenters. The van der Waals surface area contributed by atoms with Gasteiger partial charge < -0.3 is 15.4 Å². The molecular formula is C18H23N5O2. The largest absolute Gasteiger partial charge is 0.496 e. The number of carbonyl (C=O) groups excluding carboxylic acids is 1. The second kappa shape index (κ2) is 7.48. The van der Waals surface area contributed by atoms with Gasteiger partial charge in [-0.2, -0.15) is 0 Å². The summed E-state index contributed by atoms with van der Waals surface area (Å²) in [6.45, 7) is 2.01. The SMILES string of the molecule is COc1ccccc1C(=O)N1CCC(N(C)Cc2nccc(N)n2)C1. The number of benzene rings is 1. The molecule has 1 amide bonds. The monoisotopic (exact) mass is 341 g/mol. The number of para-hydroxylation sites is 1. The Labute approximate surface area is 147 Å². The number of hydrogen-bond donors (Lipinski definition) is 1. The van der Waals surface area contributed by atoms with Crippen LogP contribution in [0.15, 0.2) is 36.5 Å². The molecule has 1 fully saturated rings. The van der Waals surface area contributed by atoms with Gasteiger partial charge in [0.1, 0.15) is 17.4 Å². The molecule has 2 heterocycles. The highest BCUT2D eigenvalue weighted by molar-refractivity contribution is 5.97. The third-order valence-electron chi connectivity index (χ3n) is 4.53. The van der Waals surface area contributed by atoms with Crippen LogP contribution in [0.3, 0.4) is 0 Å². The van der Waals surface area contributed by atoms with Gasteiger partial charge in [0.2, 0.25) is 0 Å². The van der Waals surface area contributed by atoms with E-state index in [1.807, 2.05) is 30.1 Å². The van der Waals surface area contributed by atoms with Gasteiger partial charge in [-0.1, -0.05) is 12.1 Å². The molecule has 1 aliphatic heterocycles. The molecule has 1 aromatic carbocycles. The molecule has 2 aromatic rings. The van der Waals surface area contributed by atoms with Crippen LogP contribution < -0.4 is 10.5 Å². The molecule has 1 saturated heterocycles. The normalized spacial score (nSPS) is 17.1. The van der Waals surface area contributed by atoms with E-state index in [4.69, 9.17) is 10.5 Å². The summed E-state index contributed by atoms with van der Waals surface area (Å²) in [5, 5.41) is 0. The number of nitrogens with zero attached hydrogens (tertiary/aromatic N) is 4. The number of nitrogens with two attached hydrogens (primary N) is 1. The molecule has 132 valence electrons. The van der Waals surface area contributed by atoms with E-state index in [-0.39, 0.29) is 11.9 Å². The van der Waals surface area contributed by atoms with Crippen molar-refractivity contribution < 1.29 is 9.53 Å². The third kappa shape index (κ3) is 3.88. The highest BCUT2D eigenvalue weighted by Gasteiger charge is 2.30. The maximum absolute atomic E-state index is 12.8. The fourth-order valence-corrected chi connectivity index (χ4v) is 3.12. The highest BCUT2D eigenvalue weighted by atomic mass is 16.5. The quantitative estimate of drug-likeness (QED) is 0.885. The van der Waals surface area contributed by atoms with Gasteiger partial charge in [-0.15, -0.1) is 0 Å². The first-order valence-electron chi connectivity index (χ1n) is 8.28. The number of hydrogen-bond acceptors (Lipinski definition) is 6. The fourth-order valence-electron chi connectivity index (χ4n) is 3.12. The van der Waals surface area contributed by atoms with Gasteiger partial charge in [-0.25, -0.2) is 9.97 Å². The number of anilines is 1. The van der Waals surface area contributed by atoms with Crippen molar-refractivity contribution in [2.24, 2.45) is 0 Å². The molecule has 0 bridgehead atoms. The molecule has 3 rings (SSSR count). The molecule has 7 nitrogen and oxygen atoms in total. The van der Waals surface area contributed by atoms with Crippen molar-refractivity contribution in [1.29, 1.82) is 0 Å². The summed E-state index contributed by atoms with van der Waals surface area (Å²) in [4.78, 5) is 25.3. The Balaban J connectivity index is 1.64. The van der Waals surface area contributed by atoms with Gasteiger partial charge in [0.15, 0.2) is 0 Å². The van der Waals surface area contributed by atoms with E-state index >= 15 is 0 Å². The number of rotatable bonds is 5. The van der Waals surface area contributed by atoms with Crippen LogP contribution in [0.5, 0.6) is 5.75 Å². The minimum Gasteiger partial charge on any atom is -0.496 e. The van der Waals surface area contributed by atoms with Crippen molar-refractivity contribution in [3.05, 3.63) is 47.9 Å². The van der Waals surface area contributed by atoms with E-state index in [0.717, 1.165) is 13.0 Å². The lowest BCUT2D eigenvalue weighted by Gasteiger charge is -2.24. The van der Waals surface area contributed by atoms with Crippen molar-refractivity contribution in [2.45, 2.75) is 19.0 Å². The Morgan fingerprint density at radius 3 is 2.96 bits per heavy atom. The number of amides is 1. The number of likely N-dealkylation sites (tertiary alicyclic amines) is 1. The van der Waals surface area contributed by atoms with Crippen LogP contribution in [0.4, 0.5) is 5.82 Å². The van der Waals surface area contributed by atoms with Gasteiger partial charge >= 0.3 is 0 Å². The molecule has 25 heavy (non-hydrogen) atoms. The zero-order valence-electron chi connectivity index (χ0n) is 14.6. The number of nitrogen functional groups attached to an aromatic ring is 1. The minimum atomic E-state index is 0.00792. The van der Waals surface area contributed by atoms with Crippen molar-refractivity contribution in [3.63, 3.8) is 0 Å². The summed E-state index contributed by atoms with van der Waals surface area (Å²) in [6, 6.07) is 9.27. The minimum absolute atomic E-state index is 0.00792. The Bertz CT molecular complexity index is 752. The van der Waals surface area contributed by atoms with Crippen LogP contribution >= 0.6 is 0 Å². The van der Waals surface area contributed by atoms with Crippen LogP contribution in [0.25, 0.3) is 0 Å². The molecule has 1 aliphatic rings. The second-order valence-electron chi connectivity index (χ2n) is 6.21. The van der Waals surface area contributed by atoms with Crippen LogP contribution in [0.1, 0.15) is 22.6 Å². The van der Waals surface area contributed by atoms with Crippen LogP contribution in [0, 0.1) is 0 Å². The Hall–Kier alpha value is -2.67. The van der Waals surface area contributed by atoms with Gasteiger partial charge in [0, 0.05) is 25.3 Å². The number of likely N-dealkylation sites (N-methyl/N-ethyl adjacent to an activating group) is 1. The first-order valence-corrected chi connectivity index (χ1v) is 8.28. The predicted octanol–water partition coefficient (Wildman–Crippen LogP) is 1.41. The summed E-state index contributed by atoms with van der Waals surface area (Å²) in [6.07, 6.45) is 2.58. The smallest absolute Gasteiger partial charge is 0.257 e. The second-order valence-corrected chi connectivity index (χ2v) is 6.21. The molecule has 0 spiro atoms. The molecule has 1 unspecified atom stereocenters. The lowest BCUT2D eigenvalue weighted by molar-refractivity contribution is 0.0776. The molecule has 0 radical (unpaired) electrons. The lowest BCUT2D eigenvalue weighted by Crippen LogP contribution is -2.36.